The van der Waals surface area contributed by atoms with Crippen LogP contribution in [-0.4, -0.2) is 19.8 Å². The number of hydrogen-bond donors (Lipinski definition) is 1. The van der Waals surface area contributed by atoms with E-state index in [1.165, 1.54) is 25.7 Å². The Morgan fingerprint density at radius 1 is 1.47 bits per heavy atom. The maximum absolute atomic E-state index is 5.69. The van der Waals surface area contributed by atoms with Crippen molar-refractivity contribution in [2.45, 2.75) is 38.6 Å². The van der Waals surface area contributed by atoms with E-state index in [2.05, 4.69) is 12.2 Å². The van der Waals surface area contributed by atoms with E-state index in [0.717, 1.165) is 31.4 Å². The second-order valence-electron chi connectivity index (χ2n) is 4.92. The molecule has 1 N–H and O–H groups in total. The Bertz CT molecular complexity index is 291. The van der Waals surface area contributed by atoms with Gasteiger partial charge in [-0.2, -0.15) is 0 Å². The molecule has 0 aromatic carbocycles. The van der Waals surface area contributed by atoms with Gasteiger partial charge in [0.25, 0.3) is 0 Å². The lowest BCUT2D eigenvalue weighted by atomic mass is 10.1. The van der Waals surface area contributed by atoms with Crippen molar-refractivity contribution in [2.75, 3.05) is 19.8 Å². The maximum atomic E-state index is 5.69. The Labute approximate surface area is 104 Å². The normalized spacial score (nSPS) is 18.6. The highest BCUT2D eigenvalue weighted by atomic mass is 16.5. The largest absolute Gasteiger partial charge is 0.468 e. The average Bonchev–Trinajstić information content (AvgIpc) is 3.01. The van der Waals surface area contributed by atoms with Gasteiger partial charge in [0, 0.05) is 13.2 Å². The molecule has 0 saturated heterocycles. The summed E-state index contributed by atoms with van der Waals surface area (Å²) in [5.41, 5.74) is 0. The van der Waals surface area contributed by atoms with Gasteiger partial charge >= 0.3 is 0 Å². The van der Waals surface area contributed by atoms with Gasteiger partial charge in [-0.05, 0) is 37.8 Å². The first-order valence-corrected chi connectivity index (χ1v) is 6.71. The lowest BCUT2D eigenvalue weighted by molar-refractivity contribution is 0.101. The van der Waals surface area contributed by atoms with Gasteiger partial charge in [0.05, 0.1) is 18.9 Å². The summed E-state index contributed by atoms with van der Waals surface area (Å²) >= 11 is 0. The fourth-order valence-electron chi connectivity index (χ4n) is 2.41. The van der Waals surface area contributed by atoms with Gasteiger partial charge in [-0.15, -0.1) is 0 Å². The minimum atomic E-state index is 0.264. The SMILES string of the molecule is CC(NCCOCC1CCCC1)c1ccco1. The van der Waals surface area contributed by atoms with Crippen LogP contribution in [0.1, 0.15) is 44.4 Å². The van der Waals surface area contributed by atoms with E-state index in [9.17, 15) is 0 Å². The van der Waals surface area contributed by atoms with E-state index in [1.54, 1.807) is 6.26 Å². The van der Waals surface area contributed by atoms with Gasteiger partial charge in [0.2, 0.25) is 0 Å². The standard InChI is InChI=1S/C14H23NO2/c1-12(14-7-4-9-17-14)15-8-10-16-11-13-5-2-3-6-13/h4,7,9,12-13,15H,2-3,5-6,8,10-11H2,1H3. The highest BCUT2D eigenvalue weighted by Gasteiger charge is 2.14. The molecule has 3 nitrogen and oxygen atoms in total. The molecule has 17 heavy (non-hydrogen) atoms. The van der Waals surface area contributed by atoms with Crippen LogP contribution in [0.25, 0.3) is 0 Å². The summed E-state index contributed by atoms with van der Waals surface area (Å²) < 4.78 is 11.0. The fraction of sp³-hybridized carbons (Fsp3) is 0.714. The van der Waals surface area contributed by atoms with Gasteiger partial charge in [0.1, 0.15) is 5.76 Å². The van der Waals surface area contributed by atoms with Crippen molar-refractivity contribution in [2.24, 2.45) is 5.92 Å². The molecule has 1 fully saturated rings. The molecule has 0 radical (unpaired) electrons. The third-order valence-electron chi connectivity index (χ3n) is 3.50. The number of ether oxygens (including phenoxy) is 1. The molecule has 2 rings (SSSR count). The summed E-state index contributed by atoms with van der Waals surface area (Å²) in [6.45, 7) is 4.72. The molecule has 3 heteroatoms. The van der Waals surface area contributed by atoms with Gasteiger partial charge < -0.3 is 14.5 Å². The summed E-state index contributed by atoms with van der Waals surface area (Å²) in [5, 5.41) is 3.39. The van der Waals surface area contributed by atoms with E-state index >= 15 is 0 Å². The molecule has 0 aliphatic heterocycles. The van der Waals surface area contributed by atoms with Crippen LogP contribution in [0, 0.1) is 5.92 Å². The van der Waals surface area contributed by atoms with Gasteiger partial charge in [-0.3, -0.25) is 0 Å². The third kappa shape index (κ3) is 4.17. The smallest absolute Gasteiger partial charge is 0.120 e. The molecule has 0 amide bonds. The van der Waals surface area contributed by atoms with E-state index in [0.29, 0.717) is 0 Å². The first-order valence-electron chi connectivity index (χ1n) is 6.71. The molecule has 1 heterocycles. The zero-order valence-electron chi connectivity index (χ0n) is 10.7. The fourth-order valence-corrected chi connectivity index (χ4v) is 2.41. The summed E-state index contributed by atoms with van der Waals surface area (Å²) in [6, 6.07) is 4.18. The Kier molecular flexibility index (Phi) is 5.08. The Morgan fingerprint density at radius 2 is 2.29 bits per heavy atom. The quantitative estimate of drug-likeness (QED) is 0.740. The maximum Gasteiger partial charge on any atom is 0.120 e. The number of hydrogen-bond acceptors (Lipinski definition) is 3. The van der Waals surface area contributed by atoms with Gasteiger partial charge in [-0.1, -0.05) is 12.8 Å². The average molecular weight is 237 g/mol. The zero-order chi connectivity index (χ0) is 11.9. The van der Waals surface area contributed by atoms with Crippen LogP contribution >= 0.6 is 0 Å². The van der Waals surface area contributed by atoms with Crippen LogP contribution in [0.5, 0.6) is 0 Å². The van der Waals surface area contributed by atoms with Crippen LogP contribution < -0.4 is 5.32 Å². The highest BCUT2D eigenvalue weighted by Crippen LogP contribution is 2.24. The van der Waals surface area contributed by atoms with E-state index in [4.69, 9.17) is 9.15 Å². The van der Waals surface area contributed by atoms with Crippen molar-refractivity contribution < 1.29 is 9.15 Å². The molecule has 0 bridgehead atoms. The van der Waals surface area contributed by atoms with Crippen LogP contribution in [-0.2, 0) is 4.74 Å². The molecule has 1 saturated carbocycles. The van der Waals surface area contributed by atoms with Crippen molar-refractivity contribution in [3.05, 3.63) is 24.2 Å². The van der Waals surface area contributed by atoms with Crippen LogP contribution in [0.2, 0.25) is 0 Å². The molecule has 1 aromatic heterocycles. The Balaban J connectivity index is 1.51. The second kappa shape index (κ2) is 6.82. The number of furan rings is 1. The van der Waals surface area contributed by atoms with Crippen molar-refractivity contribution in [1.82, 2.24) is 5.32 Å². The van der Waals surface area contributed by atoms with Gasteiger partial charge in [-0.25, -0.2) is 0 Å². The number of nitrogens with one attached hydrogen (secondary N) is 1. The molecule has 1 aromatic rings. The molecule has 96 valence electrons. The predicted molar refractivity (Wildman–Crippen MR) is 67.9 cm³/mol. The van der Waals surface area contributed by atoms with E-state index in [1.807, 2.05) is 12.1 Å². The summed E-state index contributed by atoms with van der Waals surface area (Å²) in [6.07, 6.45) is 7.21. The summed E-state index contributed by atoms with van der Waals surface area (Å²) in [7, 11) is 0. The monoisotopic (exact) mass is 237 g/mol. The summed E-state index contributed by atoms with van der Waals surface area (Å²) in [4.78, 5) is 0. The Morgan fingerprint density at radius 3 is 3.00 bits per heavy atom. The van der Waals surface area contributed by atoms with Crippen molar-refractivity contribution >= 4 is 0 Å². The predicted octanol–water partition coefficient (Wildman–Crippen LogP) is 3.14. The second-order valence-corrected chi connectivity index (χ2v) is 4.92. The first kappa shape index (κ1) is 12.7. The molecule has 0 spiro atoms. The number of rotatable bonds is 7. The first-order chi connectivity index (χ1) is 8.36. The van der Waals surface area contributed by atoms with Crippen LogP contribution in [0.15, 0.2) is 22.8 Å². The molecule has 1 aliphatic carbocycles. The van der Waals surface area contributed by atoms with Crippen LogP contribution in [0.3, 0.4) is 0 Å². The van der Waals surface area contributed by atoms with E-state index in [-0.39, 0.29) is 6.04 Å². The minimum absolute atomic E-state index is 0.264. The minimum Gasteiger partial charge on any atom is -0.468 e. The van der Waals surface area contributed by atoms with Crippen molar-refractivity contribution in [3.63, 3.8) is 0 Å². The third-order valence-corrected chi connectivity index (χ3v) is 3.50. The van der Waals surface area contributed by atoms with Crippen molar-refractivity contribution in [3.8, 4) is 0 Å². The Hall–Kier alpha value is -0.800. The molecular formula is C14H23NO2. The van der Waals surface area contributed by atoms with E-state index < -0.39 is 0 Å². The van der Waals surface area contributed by atoms with Gasteiger partial charge in [0.15, 0.2) is 0 Å². The molecule has 1 unspecified atom stereocenters. The lowest BCUT2D eigenvalue weighted by Crippen LogP contribution is -2.23. The topological polar surface area (TPSA) is 34.4 Å². The highest BCUT2D eigenvalue weighted by molar-refractivity contribution is 5.02. The molecule has 1 atom stereocenters. The summed E-state index contributed by atoms with van der Waals surface area (Å²) in [5.74, 6) is 1.80. The zero-order valence-corrected chi connectivity index (χ0v) is 10.7. The lowest BCUT2D eigenvalue weighted by Gasteiger charge is -2.13. The van der Waals surface area contributed by atoms with Crippen molar-refractivity contribution in [1.29, 1.82) is 0 Å². The van der Waals surface area contributed by atoms with Crippen LogP contribution in [0.4, 0.5) is 0 Å². The molecule has 1 aliphatic rings. The molecular weight excluding hydrogens is 214 g/mol.